The van der Waals surface area contributed by atoms with Crippen LogP contribution in [0.25, 0.3) is 11.1 Å². The van der Waals surface area contributed by atoms with Gasteiger partial charge in [-0.1, -0.05) is 12.1 Å². The summed E-state index contributed by atoms with van der Waals surface area (Å²) in [7, 11) is 1.47. The predicted molar refractivity (Wildman–Crippen MR) is 95.0 cm³/mol. The van der Waals surface area contributed by atoms with Crippen LogP contribution in [0.15, 0.2) is 36.4 Å². The summed E-state index contributed by atoms with van der Waals surface area (Å²) < 4.78 is 58.6. The quantitative estimate of drug-likeness (QED) is 0.679. The Morgan fingerprint density at radius 2 is 1.93 bits per heavy atom. The number of likely N-dealkylation sites (N-methyl/N-ethyl adjacent to an activating group) is 1. The molecule has 148 valence electrons. The Morgan fingerprint density at radius 3 is 2.50 bits per heavy atom. The maximum Gasteiger partial charge on any atom is 0.417 e. The zero-order valence-electron chi connectivity index (χ0n) is 15.3. The third kappa shape index (κ3) is 4.67. The summed E-state index contributed by atoms with van der Waals surface area (Å²) in [6.07, 6.45) is -4.74. The number of alkyl halides is 3. The van der Waals surface area contributed by atoms with Gasteiger partial charge in [0.25, 0.3) is 5.91 Å². The van der Waals surface area contributed by atoms with Crippen molar-refractivity contribution < 1.29 is 27.1 Å². The second-order valence-electron chi connectivity index (χ2n) is 5.94. The van der Waals surface area contributed by atoms with Crippen molar-refractivity contribution in [3.63, 3.8) is 0 Å². The number of amides is 1. The summed E-state index contributed by atoms with van der Waals surface area (Å²) >= 11 is 0. The van der Waals surface area contributed by atoms with Crippen LogP contribution in [0.3, 0.4) is 0 Å². The molecule has 4 nitrogen and oxygen atoms in total. The van der Waals surface area contributed by atoms with Gasteiger partial charge in [-0.25, -0.2) is 4.39 Å². The molecule has 0 aliphatic rings. The first-order valence-corrected chi connectivity index (χ1v) is 8.42. The Morgan fingerprint density at radius 1 is 1.21 bits per heavy atom. The third-order valence-electron chi connectivity index (χ3n) is 4.20. The van der Waals surface area contributed by atoms with Gasteiger partial charge in [-0.2, -0.15) is 18.4 Å². The van der Waals surface area contributed by atoms with Crippen LogP contribution < -0.4 is 0 Å². The van der Waals surface area contributed by atoms with E-state index in [-0.39, 0.29) is 29.8 Å². The highest BCUT2D eigenvalue weighted by atomic mass is 19.4. The van der Waals surface area contributed by atoms with Crippen molar-refractivity contribution in [2.24, 2.45) is 0 Å². The number of nitrogens with zero attached hydrogens (tertiary/aromatic N) is 2. The van der Waals surface area contributed by atoms with Gasteiger partial charge >= 0.3 is 6.18 Å². The average molecular weight is 394 g/mol. The van der Waals surface area contributed by atoms with Gasteiger partial charge in [-0.3, -0.25) is 4.79 Å². The molecule has 0 N–H and O–H groups in total. The van der Waals surface area contributed by atoms with Gasteiger partial charge in [-0.05, 0) is 42.3 Å². The zero-order valence-corrected chi connectivity index (χ0v) is 15.3. The van der Waals surface area contributed by atoms with Crippen LogP contribution in [-0.4, -0.2) is 37.6 Å². The number of carbonyl (C=O) groups is 1. The molecule has 2 aromatic rings. The highest BCUT2D eigenvalue weighted by Gasteiger charge is 2.34. The molecule has 0 aliphatic carbocycles. The highest BCUT2D eigenvalue weighted by Crippen LogP contribution is 2.36. The van der Waals surface area contributed by atoms with Crippen LogP contribution in [0.1, 0.15) is 28.4 Å². The minimum absolute atomic E-state index is 0.0595. The number of rotatable bonds is 6. The number of nitriles is 1. The van der Waals surface area contributed by atoms with Crippen molar-refractivity contribution in [3.8, 4) is 17.2 Å². The Balaban J connectivity index is 2.59. The van der Waals surface area contributed by atoms with E-state index in [0.29, 0.717) is 6.54 Å². The van der Waals surface area contributed by atoms with E-state index in [1.165, 1.54) is 30.2 Å². The van der Waals surface area contributed by atoms with Gasteiger partial charge in [0.15, 0.2) is 0 Å². The lowest BCUT2D eigenvalue weighted by molar-refractivity contribution is -0.137. The van der Waals surface area contributed by atoms with Crippen LogP contribution in [0.5, 0.6) is 0 Å². The van der Waals surface area contributed by atoms with Crippen molar-refractivity contribution >= 4 is 5.91 Å². The molecule has 0 bridgehead atoms. The van der Waals surface area contributed by atoms with Crippen LogP contribution in [0.2, 0.25) is 0 Å². The molecule has 0 aliphatic heterocycles. The number of methoxy groups -OCH3 is 1. The molecule has 2 aromatic carbocycles. The molecule has 28 heavy (non-hydrogen) atoms. The average Bonchev–Trinajstić information content (AvgIpc) is 2.67. The van der Waals surface area contributed by atoms with Crippen LogP contribution in [0, 0.1) is 17.1 Å². The minimum atomic E-state index is -4.74. The molecule has 0 spiro atoms. The monoisotopic (exact) mass is 394 g/mol. The molecule has 1 amide bonds. The standard InChI is InChI=1S/C20H18F4N2O2/c1-3-26(8-9-28-2)19(27)17-11-15(21)6-7-16(17)13-4-5-14(12-25)18(10-13)20(22,23)24/h4-7,10-11H,3,8-9H2,1-2H3. The SMILES string of the molecule is CCN(CCOC)C(=O)c1cc(F)ccc1-c1ccc(C#N)c(C(F)(F)F)c1. The Hall–Kier alpha value is -2.92. The van der Waals surface area contributed by atoms with Crippen molar-refractivity contribution in [1.29, 1.82) is 5.26 Å². The molecular formula is C20H18F4N2O2. The van der Waals surface area contributed by atoms with E-state index in [1.807, 2.05) is 0 Å². The molecule has 2 rings (SSSR count). The van der Waals surface area contributed by atoms with Crippen molar-refractivity contribution in [3.05, 3.63) is 58.9 Å². The normalized spacial score (nSPS) is 11.2. The van der Waals surface area contributed by atoms with Gasteiger partial charge < -0.3 is 9.64 Å². The number of halogens is 4. The summed E-state index contributed by atoms with van der Waals surface area (Å²) in [6, 6.07) is 7.99. The number of hydrogen-bond acceptors (Lipinski definition) is 3. The molecule has 0 radical (unpaired) electrons. The Kier molecular flexibility index (Phi) is 6.75. The first-order chi connectivity index (χ1) is 13.2. The second-order valence-corrected chi connectivity index (χ2v) is 5.94. The number of ether oxygens (including phenoxy) is 1. The fraction of sp³-hybridized carbons (Fsp3) is 0.300. The van der Waals surface area contributed by atoms with Gasteiger partial charge in [0.1, 0.15) is 5.82 Å². The van der Waals surface area contributed by atoms with Gasteiger partial charge in [0, 0.05) is 20.2 Å². The molecular weight excluding hydrogens is 376 g/mol. The van der Waals surface area contributed by atoms with Crippen molar-refractivity contribution in [1.82, 2.24) is 4.90 Å². The van der Waals surface area contributed by atoms with Gasteiger partial charge in [0.2, 0.25) is 0 Å². The molecule has 0 saturated carbocycles. The van der Waals surface area contributed by atoms with Crippen LogP contribution in [-0.2, 0) is 10.9 Å². The Labute approximate surface area is 159 Å². The van der Waals surface area contributed by atoms with Crippen molar-refractivity contribution in [2.75, 3.05) is 26.8 Å². The van der Waals surface area contributed by atoms with Crippen LogP contribution >= 0.6 is 0 Å². The second kappa shape index (κ2) is 8.85. The largest absolute Gasteiger partial charge is 0.417 e. The molecule has 0 fully saturated rings. The number of carbonyl (C=O) groups excluding carboxylic acids is 1. The van der Waals surface area contributed by atoms with Crippen LogP contribution in [0.4, 0.5) is 17.6 Å². The molecule has 8 heteroatoms. The molecule has 0 aromatic heterocycles. The molecule has 0 unspecified atom stereocenters. The van der Waals surface area contributed by atoms with E-state index in [9.17, 15) is 22.4 Å². The predicted octanol–water partition coefficient (Wildman–Crippen LogP) is 4.49. The lowest BCUT2D eigenvalue weighted by atomic mass is 9.95. The fourth-order valence-electron chi connectivity index (χ4n) is 2.76. The first kappa shape index (κ1) is 21.4. The van der Waals surface area contributed by atoms with Gasteiger partial charge in [-0.15, -0.1) is 0 Å². The fourth-order valence-corrected chi connectivity index (χ4v) is 2.76. The van der Waals surface area contributed by atoms with Gasteiger partial charge in [0.05, 0.1) is 29.4 Å². The molecule has 0 atom stereocenters. The summed E-state index contributed by atoms with van der Waals surface area (Å²) in [5.41, 5.74) is -1.48. The summed E-state index contributed by atoms with van der Waals surface area (Å²) in [5.74, 6) is -1.20. The van der Waals surface area contributed by atoms with E-state index in [2.05, 4.69) is 0 Å². The van der Waals surface area contributed by atoms with E-state index < -0.39 is 29.0 Å². The Bertz CT molecular complexity index is 904. The van der Waals surface area contributed by atoms with E-state index in [1.54, 1.807) is 6.92 Å². The number of hydrogen-bond donors (Lipinski definition) is 0. The highest BCUT2D eigenvalue weighted by molar-refractivity contribution is 6.01. The lowest BCUT2D eigenvalue weighted by Crippen LogP contribution is -2.34. The maximum atomic E-state index is 13.8. The van der Waals surface area contributed by atoms with E-state index in [4.69, 9.17) is 10.00 Å². The molecule has 0 heterocycles. The topological polar surface area (TPSA) is 53.3 Å². The summed E-state index contributed by atoms with van der Waals surface area (Å²) in [6.45, 7) is 2.57. The smallest absolute Gasteiger partial charge is 0.383 e. The minimum Gasteiger partial charge on any atom is -0.383 e. The first-order valence-electron chi connectivity index (χ1n) is 8.42. The summed E-state index contributed by atoms with van der Waals surface area (Å²) in [5, 5.41) is 8.94. The lowest BCUT2D eigenvalue weighted by Gasteiger charge is -2.22. The van der Waals surface area contributed by atoms with E-state index >= 15 is 0 Å². The summed E-state index contributed by atoms with van der Waals surface area (Å²) in [4.78, 5) is 14.3. The maximum absolute atomic E-state index is 13.8. The molecule has 0 saturated heterocycles. The third-order valence-corrected chi connectivity index (χ3v) is 4.20. The zero-order chi connectivity index (χ0) is 20.9. The van der Waals surface area contributed by atoms with Crippen molar-refractivity contribution in [2.45, 2.75) is 13.1 Å². The van der Waals surface area contributed by atoms with E-state index in [0.717, 1.165) is 24.3 Å². The number of benzene rings is 2.